The number of benzene rings is 1. The van der Waals surface area contributed by atoms with Crippen molar-refractivity contribution in [3.05, 3.63) is 28.2 Å². The van der Waals surface area contributed by atoms with Crippen LogP contribution in [0.4, 0.5) is 13.2 Å². The van der Waals surface area contributed by atoms with Crippen molar-refractivity contribution in [3.8, 4) is 5.75 Å². The van der Waals surface area contributed by atoms with E-state index in [9.17, 15) is 18.0 Å². The molecular weight excluding hydrogens is 353 g/mol. The summed E-state index contributed by atoms with van der Waals surface area (Å²) < 4.78 is 40.4. The van der Waals surface area contributed by atoms with E-state index in [4.69, 9.17) is 5.73 Å². The summed E-state index contributed by atoms with van der Waals surface area (Å²) in [5, 5.41) is 3.03. The third-order valence-electron chi connectivity index (χ3n) is 2.79. The van der Waals surface area contributed by atoms with E-state index >= 15 is 0 Å². The van der Waals surface area contributed by atoms with E-state index in [2.05, 4.69) is 26.0 Å². The number of hydrogen-bond donors (Lipinski definition) is 2. The zero-order valence-electron chi connectivity index (χ0n) is 11.6. The lowest BCUT2D eigenvalue weighted by Crippen LogP contribution is -2.40. The Balaban J connectivity index is 2.63. The van der Waals surface area contributed by atoms with Crippen molar-refractivity contribution in [2.45, 2.75) is 26.8 Å². The van der Waals surface area contributed by atoms with Gasteiger partial charge in [-0.2, -0.15) is 0 Å². The summed E-state index contributed by atoms with van der Waals surface area (Å²) in [5.41, 5.74) is 5.29. The molecule has 0 saturated carbocycles. The van der Waals surface area contributed by atoms with Gasteiger partial charge in [0.2, 0.25) is 5.91 Å². The van der Waals surface area contributed by atoms with Gasteiger partial charge in [0.1, 0.15) is 5.75 Å². The van der Waals surface area contributed by atoms with E-state index < -0.39 is 17.7 Å². The standard InChI is InChI=1S/C13H16BrF3N2O2/c1-12(2,11(18)20)7-19-6-8-3-4-10(9(14)5-8)21-13(15,16)17/h3-5,19H,6-7H2,1-2H3,(H2,18,20). The zero-order chi connectivity index (χ0) is 16.3. The molecule has 1 aromatic carbocycles. The monoisotopic (exact) mass is 368 g/mol. The Morgan fingerprint density at radius 1 is 1.38 bits per heavy atom. The molecule has 4 nitrogen and oxygen atoms in total. The lowest BCUT2D eigenvalue weighted by Gasteiger charge is -2.21. The van der Waals surface area contributed by atoms with Gasteiger partial charge in [0.15, 0.2) is 0 Å². The van der Waals surface area contributed by atoms with Crippen molar-refractivity contribution in [1.29, 1.82) is 0 Å². The molecule has 0 atom stereocenters. The molecule has 0 heterocycles. The number of rotatable bonds is 6. The maximum Gasteiger partial charge on any atom is 0.573 e. The van der Waals surface area contributed by atoms with Gasteiger partial charge in [0.05, 0.1) is 9.89 Å². The van der Waals surface area contributed by atoms with Crippen molar-refractivity contribution < 1.29 is 22.7 Å². The van der Waals surface area contributed by atoms with Gasteiger partial charge in [-0.15, -0.1) is 13.2 Å². The van der Waals surface area contributed by atoms with Crippen LogP contribution in [0.2, 0.25) is 0 Å². The summed E-state index contributed by atoms with van der Waals surface area (Å²) >= 11 is 3.03. The molecule has 0 aliphatic carbocycles. The predicted octanol–water partition coefficient (Wildman–Crippen LogP) is 2.95. The third kappa shape index (κ3) is 5.92. The zero-order valence-corrected chi connectivity index (χ0v) is 13.1. The Labute approximate surface area is 129 Å². The first kappa shape index (κ1) is 17.8. The van der Waals surface area contributed by atoms with Crippen LogP contribution in [-0.4, -0.2) is 18.8 Å². The van der Waals surface area contributed by atoms with Crippen molar-refractivity contribution in [2.75, 3.05) is 6.54 Å². The minimum atomic E-state index is -4.73. The Bertz CT molecular complexity index is 519. The summed E-state index contributed by atoms with van der Waals surface area (Å²) in [6, 6.07) is 4.26. The van der Waals surface area contributed by atoms with E-state index in [0.29, 0.717) is 13.1 Å². The van der Waals surface area contributed by atoms with Crippen molar-refractivity contribution >= 4 is 21.8 Å². The molecule has 0 bridgehead atoms. The van der Waals surface area contributed by atoms with E-state index in [0.717, 1.165) is 5.56 Å². The van der Waals surface area contributed by atoms with Gasteiger partial charge in [0.25, 0.3) is 0 Å². The van der Waals surface area contributed by atoms with Crippen LogP contribution in [0.5, 0.6) is 5.75 Å². The first-order valence-electron chi connectivity index (χ1n) is 6.06. The minimum Gasteiger partial charge on any atom is -0.405 e. The van der Waals surface area contributed by atoms with Gasteiger partial charge in [-0.1, -0.05) is 6.07 Å². The minimum absolute atomic E-state index is 0.202. The highest BCUT2D eigenvalue weighted by Gasteiger charge is 2.32. The molecule has 0 aromatic heterocycles. The fourth-order valence-electron chi connectivity index (χ4n) is 1.47. The van der Waals surface area contributed by atoms with Crippen LogP contribution in [0, 0.1) is 5.41 Å². The second-order valence-electron chi connectivity index (χ2n) is 5.16. The second-order valence-corrected chi connectivity index (χ2v) is 6.02. The molecule has 0 aliphatic rings. The van der Waals surface area contributed by atoms with Crippen molar-refractivity contribution in [1.82, 2.24) is 5.32 Å². The van der Waals surface area contributed by atoms with E-state index in [-0.39, 0.29) is 10.2 Å². The number of alkyl halides is 3. The molecule has 1 aromatic rings. The number of halogens is 4. The largest absolute Gasteiger partial charge is 0.573 e. The predicted molar refractivity (Wildman–Crippen MR) is 75.5 cm³/mol. The van der Waals surface area contributed by atoms with Crippen molar-refractivity contribution in [3.63, 3.8) is 0 Å². The maximum absolute atomic E-state index is 12.1. The van der Waals surface area contributed by atoms with E-state index in [1.807, 2.05) is 0 Å². The van der Waals surface area contributed by atoms with E-state index in [1.165, 1.54) is 18.2 Å². The quantitative estimate of drug-likeness (QED) is 0.811. The van der Waals surface area contributed by atoms with E-state index in [1.54, 1.807) is 13.8 Å². The molecule has 8 heteroatoms. The molecule has 1 amide bonds. The van der Waals surface area contributed by atoms with Crippen LogP contribution in [0.1, 0.15) is 19.4 Å². The number of ether oxygens (including phenoxy) is 1. The number of nitrogens with one attached hydrogen (secondary N) is 1. The Hall–Kier alpha value is -1.28. The lowest BCUT2D eigenvalue weighted by molar-refractivity contribution is -0.274. The van der Waals surface area contributed by atoms with Gasteiger partial charge in [-0.05, 0) is 47.5 Å². The van der Waals surface area contributed by atoms with Gasteiger partial charge in [-0.25, -0.2) is 0 Å². The molecule has 0 saturated heterocycles. The Morgan fingerprint density at radius 2 is 2.00 bits per heavy atom. The number of nitrogens with two attached hydrogens (primary N) is 1. The molecule has 0 aliphatic heterocycles. The molecule has 0 spiro atoms. The highest BCUT2D eigenvalue weighted by Crippen LogP contribution is 2.31. The topological polar surface area (TPSA) is 64.3 Å². The first-order valence-corrected chi connectivity index (χ1v) is 6.85. The number of hydrogen-bond acceptors (Lipinski definition) is 3. The molecule has 118 valence electrons. The van der Waals surface area contributed by atoms with Crippen LogP contribution < -0.4 is 15.8 Å². The number of amides is 1. The molecule has 0 unspecified atom stereocenters. The van der Waals surface area contributed by atoms with Crippen LogP contribution in [0.15, 0.2) is 22.7 Å². The SMILES string of the molecule is CC(C)(CNCc1ccc(OC(F)(F)F)c(Br)c1)C(N)=O. The number of primary amides is 1. The van der Waals surface area contributed by atoms with Gasteiger partial charge >= 0.3 is 6.36 Å². The summed E-state index contributed by atoms with van der Waals surface area (Å²) in [7, 11) is 0. The number of carbonyl (C=O) groups excluding carboxylic acids is 1. The average Bonchev–Trinajstić information content (AvgIpc) is 2.30. The van der Waals surface area contributed by atoms with Crippen LogP contribution in [0.25, 0.3) is 0 Å². The maximum atomic E-state index is 12.1. The molecular formula is C13H16BrF3N2O2. The lowest BCUT2D eigenvalue weighted by atomic mass is 9.93. The van der Waals surface area contributed by atoms with Crippen LogP contribution >= 0.6 is 15.9 Å². The van der Waals surface area contributed by atoms with Crippen LogP contribution in [0.3, 0.4) is 0 Å². The van der Waals surface area contributed by atoms with Crippen molar-refractivity contribution in [2.24, 2.45) is 11.1 Å². The Kier molecular flexibility index (Phi) is 5.63. The summed E-state index contributed by atoms with van der Waals surface area (Å²) in [4.78, 5) is 11.1. The highest BCUT2D eigenvalue weighted by molar-refractivity contribution is 9.10. The van der Waals surface area contributed by atoms with Gasteiger partial charge < -0.3 is 15.8 Å². The smallest absolute Gasteiger partial charge is 0.405 e. The van der Waals surface area contributed by atoms with Crippen LogP contribution in [-0.2, 0) is 11.3 Å². The first-order chi connectivity index (χ1) is 9.51. The average molecular weight is 369 g/mol. The summed E-state index contributed by atoms with van der Waals surface area (Å²) in [6.45, 7) is 4.17. The molecule has 1 rings (SSSR count). The van der Waals surface area contributed by atoms with Gasteiger partial charge in [-0.3, -0.25) is 4.79 Å². The van der Waals surface area contributed by atoms with Gasteiger partial charge in [0, 0.05) is 13.1 Å². The molecule has 21 heavy (non-hydrogen) atoms. The fraction of sp³-hybridized carbons (Fsp3) is 0.462. The third-order valence-corrected chi connectivity index (χ3v) is 3.40. The molecule has 0 fully saturated rings. The second kappa shape index (κ2) is 6.65. The Morgan fingerprint density at radius 3 is 2.48 bits per heavy atom. The fourth-order valence-corrected chi connectivity index (χ4v) is 1.98. The molecule has 3 N–H and O–H groups in total. The molecule has 0 radical (unpaired) electrons. The highest BCUT2D eigenvalue weighted by atomic mass is 79.9. The normalized spacial score (nSPS) is 12.3. The number of carbonyl (C=O) groups is 1. The summed E-state index contributed by atoms with van der Waals surface area (Å²) in [5.74, 6) is -0.728. The summed E-state index contributed by atoms with van der Waals surface area (Å²) in [6.07, 6.45) is -4.73.